The first-order valence-electron chi connectivity index (χ1n) is 5.36. The molecule has 0 N–H and O–H groups in total. The molecule has 0 saturated heterocycles. The van der Waals surface area contributed by atoms with Crippen molar-refractivity contribution in [1.82, 2.24) is 0 Å². The number of rotatable bonds is 3. The molecular weight excluding hydrogens is 216 g/mol. The van der Waals surface area contributed by atoms with Crippen LogP contribution in [-0.2, 0) is 9.53 Å². The summed E-state index contributed by atoms with van der Waals surface area (Å²) in [4.78, 5) is 22.3. The normalized spacial score (nSPS) is 9.06. The minimum absolute atomic E-state index is 0.0580. The molecular formula is C14H14O3. The van der Waals surface area contributed by atoms with E-state index >= 15 is 0 Å². The van der Waals surface area contributed by atoms with E-state index in [0.717, 1.165) is 5.56 Å². The number of esters is 1. The van der Waals surface area contributed by atoms with Crippen LogP contribution in [0.4, 0.5) is 0 Å². The average molecular weight is 230 g/mol. The van der Waals surface area contributed by atoms with E-state index in [4.69, 9.17) is 0 Å². The Balaban J connectivity index is 2.78. The molecule has 0 spiro atoms. The van der Waals surface area contributed by atoms with Crippen LogP contribution in [0.1, 0.15) is 35.7 Å². The summed E-state index contributed by atoms with van der Waals surface area (Å²) >= 11 is 0. The summed E-state index contributed by atoms with van der Waals surface area (Å²) in [5, 5.41) is 0. The van der Waals surface area contributed by atoms with Gasteiger partial charge in [-0.2, -0.15) is 0 Å². The number of methoxy groups -OCH3 is 1. The van der Waals surface area contributed by atoms with Crippen LogP contribution in [0.25, 0.3) is 0 Å². The van der Waals surface area contributed by atoms with Gasteiger partial charge >= 0.3 is 5.97 Å². The van der Waals surface area contributed by atoms with Gasteiger partial charge in [0.25, 0.3) is 0 Å². The van der Waals surface area contributed by atoms with Gasteiger partial charge in [0.05, 0.1) is 7.11 Å². The molecule has 0 amide bonds. The van der Waals surface area contributed by atoms with Crippen LogP contribution in [0.2, 0.25) is 0 Å². The summed E-state index contributed by atoms with van der Waals surface area (Å²) in [6.07, 6.45) is 0.529. The third kappa shape index (κ3) is 4.12. The van der Waals surface area contributed by atoms with Gasteiger partial charge in [0, 0.05) is 17.5 Å². The zero-order valence-corrected chi connectivity index (χ0v) is 9.95. The quantitative estimate of drug-likeness (QED) is 0.454. The Hall–Kier alpha value is -2.08. The number of ether oxygens (including phenoxy) is 1. The second-order valence-electron chi connectivity index (χ2n) is 3.41. The van der Waals surface area contributed by atoms with Crippen molar-refractivity contribution in [3.63, 3.8) is 0 Å². The molecule has 0 aliphatic heterocycles. The molecule has 0 radical (unpaired) electrons. The highest BCUT2D eigenvalue weighted by atomic mass is 16.5. The summed E-state index contributed by atoms with van der Waals surface area (Å²) in [6.45, 7) is 1.82. The van der Waals surface area contributed by atoms with Crippen LogP contribution in [0.15, 0.2) is 24.3 Å². The Bertz CT molecular complexity index is 478. The summed E-state index contributed by atoms with van der Waals surface area (Å²) < 4.78 is 4.47. The lowest BCUT2D eigenvalue weighted by Gasteiger charge is -1.97. The van der Waals surface area contributed by atoms with Gasteiger partial charge in [-0.15, -0.1) is 0 Å². The number of Topliss-reactive ketones (excluding diaryl/α,β-unsaturated/α-hetero) is 1. The maximum absolute atomic E-state index is 11.5. The Morgan fingerprint density at radius 1 is 1.35 bits per heavy atom. The second-order valence-corrected chi connectivity index (χ2v) is 3.41. The minimum Gasteiger partial charge on any atom is -0.468 e. The Morgan fingerprint density at radius 3 is 2.76 bits per heavy atom. The molecule has 0 aliphatic carbocycles. The van der Waals surface area contributed by atoms with Crippen LogP contribution >= 0.6 is 0 Å². The van der Waals surface area contributed by atoms with Crippen molar-refractivity contribution in [2.24, 2.45) is 0 Å². The monoisotopic (exact) mass is 230 g/mol. The first-order valence-corrected chi connectivity index (χ1v) is 5.36. The molecule has 0 heterocycles. The maximum Gasteiger partial charge on any atom is 0.317 e. The number of carbonyl (C=O) groups is 2. The van der Waals surface area contributed by atoms with Gasteiger partial charge in [0.15, 0.2) is 5.78 Å². The first-order chi connectivity index (χ1) is 8.17. The van der Waals surface area contributed by atoms with Crippen molar-refractivity contribution in [2.75, 3.05) is 7.11 Å². The standard InChI is InChI=1S/C14H14O3/c1-3-13(15)12-8-4-6-11(10-12)7-5-9-14(16)17-2/h4,6,8,10H,3,9H2,1-2H3. The van der Waals surface area contributed by atoms with E-state index in [2.05, 4.69) is 16.6 Å². The molecule has 0 atom stereocenters. The lowest BCUT2D eigenvalue weighted by molar-refractivity contribution is -0.139. The molecule has 88 valence electrons. The Labute approximate surface area is 101 Å². The molecule has 1 rings (SSSR count). The van der Waals surface area contributed by atoms with Crippen LogP contribution < -0.4 is 0 Å². The molecule has 0 saturated carbocycles. The predicted molar refractivity (Wildman–Crippen MR) is 64.6 cm³/mol. The van der Waals surface area contributed by atoms with E-state index in [1.807, 2.05) is 6.92 Å². The van der Waals surface area contributed by atoms with E-state index < -0.39 is 0 Å². The second kappa shape index (κ2) is 6.49. The molecule has 0 fully saturated rings. The smallest absolute Gasteiger partial charge is 0.317 e. The highest BCUT2D eigenvalue weighted by Crippen LogP contribution is 2.06. The van der Waals surface area contributed by atoms with Crippen molar-refractivity contribution >= 4 is 11.8 Å². The van der Waals surface area contributed by atoms with E-state index in [0.29, 0.717) is 12.0 Å². The van der Waals surface area contributed by atoms with Crippen molar-refractivity contribution in [3.05, 3.63) is 35.4 Å². The largest absolute Gasteiger partial charge is 0.468 e. The lowest BCUT2D eigenvalue weighted by atomic mass is 10.1. The predicted octanol–water partition coefficient (Wildman–Crippen LogP) is 2.19. The number of hydrogen-bond acceptors (Lipinski definition) is 3. The molecule has 17 heavy (non-hydrogen) atoms. The topological polar surface area (TPSA) is 43.4 Å². The molecule has 0 aliphatic rings. The summed E-state index contributed by atoms with van der Waals surface area (Å²) in [5.41, 5.74) is 1.38. The van der Waals surface area contributed by atoms with Gasteiger partial charge < -0.3 is 4.74 Å². The molecule has 0 aromatic heterocycles. The van der Waals surface area contributed by atoms with Gasteiger partial charge in [-0.25, -0.2) is 0 Å². The van der Waals surface area contributed by atoms with Crippen molar-refractivity contribution in [3.8, 4) is 11.8 Å². The lowest BCUT2D eigenvalue weighted by Crippen LogP contribution is -1.97. The van der Waals surface area contributed by atoms with Gasteiger partial charge in [-0.1, -0.05) is 30.9 Å². The molecule has 1 aromatic carbocycles. The van der Waals surface area contributed by atoms with Crippen molar-refractivity contribution in [1.29, 1.82) is 0 Å². The Morgan fingerprint density at radius 2 is 2.12 bits per heavy atom. The fraction of sp³-hybridized carbons (Fsp3) is 0.286. The molecule has 1 aromatic rings. The number of hydrogen-bond donors (Lipinski definition) is 0. The van der Waals surface area contributed by atoms with Crippen molar-refractivity contribution < 1.29 is 14.3 Å². The van der Waals surface area contributed by atoms with Gasteiger partial charge in [0.1, 0.15) is 6.42 Å². The van der Waals surface area contributed by atoms with Crippen LogP contribution in [0, 0.1) is 11.8 Å². The fourth-order valence-electron chi connectivity index (χ4n) is 1.27. The zero-order valence-electron chi connectivity index (χ0n) is 9.95. The highest BCUT2D eigenvalue weighted by molar-refractivity contribution is 5.96. The van der Waals surface area contributed by atoms with Gasteiger partial charge in [-0.3, -0.25) is 9.59 Å². The SMILES string of the molecule is CCC(=O)c1cccc(C#CCC(=O)OC)c1. The van der Waals surface area contributed by atoms with Crippen LogP contribution in [-0.4, -0.2) is 18.9 Å². The number of benzene rings is 1. The van der Waals surface area contributed by atoms with E-state index in [-0.39, 0.29) is 18.2 Å². The van der Waals surface area contributed by atoms with Crippen LogP contribution in [0.5, 0.6) is 0 Å². The number of ketones is 1. The molecule has 0 bridgehead atoms. The summed E-state index contributed by atoms with van der Waals surface area (Å²) in [7, 11) is 1.32. The average Bonchev–Trinajstić information content (AvgIpc) is 2.38. The maximum atomic E-state index is 11.5. The fourth-order valence-corrected chi connectivity index (χ4v) is 1.27. The molecule has 3 nitrogen and oxygen atoms in total. The van der Waals surface area contributed by atoms with E-state index in [9.17, 15) is 9.59 Å². The minimum atomic E-state index is -0.363. The summed E-state index contributed by atoms with van der Waals surface area (Å²) in [6, 6.07) is 7.08. The third-order valence-corrected chi connectivity index (χ3v) is 2.20. The first kappa shape index (κ1) is 13.0. The molecule has 0 unspecified atom stereocenters. The molecule has 3 heteroatoms. The third-order valence-electron chi connectivity index (χ3n) is 2.20. The highest BCUT2D eigenvalue weighted by Gasteiger charge is 2.02. The van der Waals surface area contributed by atoms with Gasteiger partial charge in [0.2, 0.25) is 0 Å². The van der Waals surface area contributed by atoms with E-state index in [1.54, 1.807) is 24.3 Å². The van der Waals surface area contributed by atoms with E-state index in [1.165, 1.54) is 7.11 Å². The number of carbonyl (C=O) groups excluding carboxylic acids is 2. The summed E-state index contributed by atoms with van der Waals surface area (Å²) in [5.74, 6) is 5.25. The van der Waals surface area contributed by atoms with Crippen molar-refractivity contribution in [2.45, 2.75) is 19.8 Å². The van der Waals surface area contributed by atoms with Crippen LogP contribution in [0.3, 0.4) is 0 Å². The van der Waals surface area contributed by atoms with Gasteiger partial charge in [-0.05, 0) is 12.1 Å². The zero-order chi connectivity index (χ0) is 12.7. The Kier molecular flexibility index (Phi) is 4.96.